The van der Waals surface area contributed by atoms with Crippen LogP contribution in [0.1, 0.15) is 39.0 Å². The van der Waals surface area contributed by atoms with Gasteiger partial charge in [-0.05, 0) is 31.6 Å². The highest BCUT2D eigenvalue weighted by atomic mass is 15.0. The SMILES string of the molecule is CCC1CCC(N)(N)CC1. The molecule has 10 heavy (non-hydrogen) atoms. The van der Waals surface area contributed by atoms with Crippen LogP contribution in [0.5, 0.6) is 0 Å². The first-order valence-electron chi connectivity index (χ1n) is 4.22. The van der Waals surface area contributed by atoms with E-state index in [9.17, 15) is 0 Å². The van der Waals surface area contributed by atoms with Crippen LogP contribution in [0.15, 0.2) is 0 Å². The molecule has 0 heterocycles. The zero-order valence-electron chi connectivity index (χ0n) is 6.77. The van der Waals surface area contributed by atoms with E-state index in [4.69, 9.17) is 11.5 Å². The van der Waals surface area contributed by atoms with Gasteiger partial charge < -0.3 is 11.5 Å². The van der Waals surface area contributed by atoms with Crippen LogP contribution in [0, 0.1) is 5.92 Å². The third-order valence-electron chi connectivity index (χ3n) is 2.61. The largest absolute Gasteiger partial charge is 0.313 e. The summed E-state index contributed by atoms with van der Waals surface area (Å²) in [6, 6.07) is 0. The second-order valence-corrected chi connectivity index (χ2v) is 3.58. The van der Waals surface area contributed by atoms with Crippen LogP contribution in [0.25, 0.3) is 0 Å². The zero-order valence-corrected chi connectivity index (χ0v) is 6.77. The fourth-order valence-electron chi connectivity index (χ4n) is 1.62. The molecular formula is C8H18N2. The van der Waals surface area contributed by atoms with Crippen molar-refractivity contribution in [1.29, 1.82) is 0 Å². The minimum Gasteiger partial charge on any atom is -0.313 e. The predicted molar refractivity (Wildman–Crippen MR) is 43.4 cm³/mol. The molecule has 2 nitrogen and oxygen atoms in total. The molecule has 0 radical (unpaired) electrons. The summed E-state index contributed by atoms with van der Waals surface area (Å²) in [5.41, 5.74) is 11.2. The molecule has 1 rings (SSSR count). The number of nitrogens with two attached hydrogens (primary N) is 2. The van der Waals surface area contributed by atoms with Gasteiger partial charge in [-0.15, -0.1) is 0 Å². The van der Waals surface area contributed by atoms with Gasteiger partial charge in [-0.25, -0.2) is 0 Å². The highest BCUT2D eigenvalue weighted by Crippen LogP contribution is 2.28. The van der Waals surface area contributed by atoms with Crippen LogP contribution in [-0.4, -0.2) is 5.66 Å². The molecule has 1 aliphatic rings. The Labute approximate surface area is 63.0 Å². The van der Waals surface area contributed by atoms with E-state index in [0.717, 1.165) is 18.8 Å². The predicted octanol–water partition coefficient (Wildman–Crippen LogP) is 1.20. The van der Waals surface area contributed by atoms with Gasteiger partial charge in [0.05, 0.1) is 5.66 Å². The summed E-state index contributed by atoms with van der Waals surface area (Å²) in [7, 11) is 0. The molecule has 0 amide bonds. The topological polar surface area (TPSA) is 52.0 Å². The lowest BCUT2D eigenvalue weighted by atomic mass is 9.81. The summed E-state index contributed by atoms with van der Waals surface area (Å²) in [6.07, 6.45) is 5.75. The lowest BCUT2D eigenvalue weighted by molar-refractivity contribution is 0.235. The first-order chi connectivity index (χ1) is 4.64. The van der Waals surface area contributed by atoms with E-state index >= 15 is 0 Å². The second-order valence-electron chi connectivity index (χ2n) is 3.58. The first-order valence-corrected chi connectivity index (χ1v) is 4.22. The lowest BCUT2D eigenvalue weighted by Crippen LogP contribution is -2.51. The summed E-state index contributed by atoms with van der Waals surface area (Å²) >= 11 is 0. The van der Waals surface area contributed by atoms with Crippen molar-refractivity contribution in [2.24, 2.45) is 17.4 Å². The van der Waals surface area contributed by atoms with Crippen molar-refractivity contribution in [3.05, 3.63) is 0 Å². The fraction of sp³-hybridized carbons (Fsp3) is 1.00. The van der Waals surface area contributed by atoms with E-state index in [2.05, 4.69) is 6.92 Å². The molecule has 0 aromatic rings. The van der Waals surface area contributed by atoms with E-state index in [1.54, 1.807) is 0 Å². The van der Waals surface area contributed by atoms with Crippen LogP contribution in [0.4, 0.5) is 0 Å². The Kier molecular flexibility index (Phi) is 2.32. The first kappa shape index (κ1) is 8.02. The molecule has 2 heteroatoms. The third kappa shape index (κ3) is 1.96. The number of hydrogen-bond donors (Lipinski definition) is 2. The monoisotopic (exact) mass is 142 g/mol. The molecule has 0 atom stereocenters. The maximum absolute atomic E-state index is 5.77. The van der Waals surface area contributed by atoms with Crippen molar-refractivity contribution in [3.8, 4) is 0 Å². The molecular weight excluding hydrogens is 124 g/mol. The van der Waals surface area contributed by atoms with Crippen molar-refractivity contribution in [2.45, 2.75) is 44.7 Å². The summed E-state index contributed by atoms with van der Waals surface area (Å²) in [5.74, 6) is 0.889. The van der Waals surface area contributed by atoms with E-state index in [1.165, 1.54) is 19.3 Å². The average molecular weight is 142 g/mol. The minimum absolute atomic E-state index is 0.342. The molecule has 0 aliphatic heterocycles. The Morgan fingerprint density at radius 3 is 2.20 bits per heavy atom. The fourth-order valence-corrected chi connectivity index (χ4v) is 1.62. The molecule has 0 aromatic carbocycles. The van der Waals surface area contributed by atoms with Crippen LogP contribution in [0.2, 0.25) is 0 Å². The highest BCUT2D eigenvalue weighted by Gasteiger charge is 2.26. The molecule has 0 unspecified atom stereocenters. The molecule has 60 valence electrons. The minimum atomic E-state index is -0.342. The maximum atomic E-state index is 5.77. The molecule has 0 aromatic heterocycles. The standard InChI is InChI=1S/C8H18N2/c1-2-7-3-5-8(9,10)6-4-7/h7H,2-6,9-10H2,1H3. The van der Waals surface area contributed by atoms with Gasteiger partial charge in [0, 0.05) is 0 Å². The molecule has 1 fully saturated rings. The van der Waals surface area contributed by atoms with Gasteiger partial charge in [-0.3, -0.25) is 0 Å². The second kappa shape index (κ2) is 2.89. The Hall–Kier alpha value is -0.0800. The zero-order chi connectivity index (χ0) is 7.61. The van der Waals surface area contributed by atoms with Crippen molar-refractivity contribution in [2.75, 3.05) is 0 Å². The van der Waals surface area contributed by atoms with E-state index < -0.39 is 0 Å². The smallest absolute Gasteiger partial charge is 0.0636 e. The summed E-state index contributed by atoms with van der Waals surface area (Å²) in [4.78, 5) is 0. The van der Waals surface area contributed by atoms with Gasteiger partial charge in [-0.1, -0.05) is 13.3 Å². The summed E-state index contributed by atoms with van der Waals surface area (Å²) < 4.78 is 0. The normalized spacial score (nSPS) is 26.7. The Morgan fingerprint density at radius 1 is 1.30 bits per heavy atom. The quantitative estimate of drug-likeness (QED) is 0.540. The Morgan fingerprint density at radius 2 is 1.80 bits per heavy atom. The van der Waals surface area contributed by atoms with Crippen molar-refractivity contribution in [1.82, 2.24) is 0 Å². The molecule has 0 bridgehead atoms. The van der Waals surface area contributed by atoms with Gasteiger partial charge in [0.2, 0.25) is 0 Å². The molecule has 0 saturated heterocycles. The highest BCUT2D eigenvalue weighted by molar-refractivity contribution is 4.83. The van der Waals surface area contributed by atoms with Crippen molar-refractivity contribution in [3.63, 3.8) is 0 Å². The van der Waals surface area contributed by atoms with E-state index in [0.29, 0.717) is 0 Å². The third-order valence-corrected chi connectivity index (χ3v) is 2.61. The van der Waals surface area contributed by atoms with Crippen LogP contribution >= 0.6 is 0 Å². The molecule has 1 aliphatic carbocycles. The molecule has 4 N–H and O–H groups in total. The van der Waals surface area contributed by atoms with Crippen LogP contribution in [0.3, 0.4) is 0 Å². The Balaban J connectivity index is 2.31. The van der Waals surface area contributed by atoms with Gasteiger partial charge >= 0.3 is 0 Å². The van der Waals surface area contributed by atoms with E-state index in [-0.39, 0.29) is 5.66 Å². The summed E-state index contributed by atoms with van der Waals surface area (Å²) in [5, 5.41) is 0. The number of rotatable bonds is 1. The van der Waals surface area contributed by atoms with Crippen molar-refractivity contribution < 1.29 is 0 Å². The van der Waals surface area contributed by atoms with Crippen molar-refractivity contribution >= 4 is 0 Å². The van der Waals surface area contributed by atoms with E-state index in [1.807, 2.05) is 0 Å². The number of hydrogen-bond acceptors (Lipinski definition) is 2. The Bertz CT molecular complexity index is 99.8. The van der Waals surface area contributed by atoms with Gasteiger partial charge in [0.1, 0.15) is 0 Å². The summed E-state index contributed by atoms with van der Waals surface area (Å²) in [6.45, 7) is 2.24. The van der Waals surface area contributed by atoms with Gasteiger partial charge in [-0.2, -0.15) is 0 Å². The van der Waals surface area contributed by atoms with Gasteiger partial charge in [0.25, 0.3) is 0 Å². The van der Waals surface area contributed by atoms with Gasteiger partial charge in [0.15, 0.2) is 0 Å². The lowest BCUT2D eigenvalue weighted by Gasteiger charge is -2.33. The molecule has 0 spiro atoms. The maximum Gasteiger partial charge on any atom is 0.0636 e. The molecule has 1 saturated carbocycles. The van der Waals surface area contributed by atoms with Crippen LogP contribution in [-0.2, 0) is 0 Å². The average Bonchev–Trinajstić information content (AvgIpc) is 1.88. The van der Waals surface area contributed by atoms with Crippen LogP contribution < -0.4 is 11.5 Å².